The summed E-state index contributed by atoms with van der Waals surface area (Å²) in [5.41, 5.74) is 1.96. The van der Waals surface area contributed by atoms with Gasteiger partial charge in [-0.3, -0.25) is 4.79 Å². The van der Waals surface area contributed by atoms with Crippen LogP contribution in [0.1, 0.15) is 65.2 Å². The van der Waals surface area contributed by atoms with Crippen LogP contribution in [0.15, 0.2) is 21.9 Å². The first-order valence-electron chi connectivity index (χ1n) is 10.2. The summed E-state index contributed by atoms with van der Waals surface area (Å²) in [6.07, 6.45) is 10.8. The number of Topliss-reactive ketones (excluding diaryl/α,β-unsaturated/α-hetero) is 1. The van der Waals surface area contributed by atoms with E-state index in [1.807, 2.05) is 0 Å². The summed E-state index contributed by atoms with van der Waals surface area (Å²) in [7, 11) is 0. The minimum atomic E-state index is -0.325. The van der Waals surface area contributed by atoms with Crippen molar-refractivity contribution in [1.29, 1.82) is 0 Å². The number of aliphatic hydroxyl groups excluding tert-OH is 1. The third-order valence-electron chi connectivity index (χ3n) is 8.91. The first-order valence-corrected chi connectivity index (χ1v) is 10.2. The molecule has 1 heterocycles. The summed E-state index contributed by atoms with van der Waals surface area (Å²) in [6.45, 7) is 4.85. The number of ketones is 1. The molecule has 4 nitrogen and oxygen atoms in total. The van der Waals surface area contributed by atoms with E-state index >= 15 is 0 Å². The molecule has 136 valence electrons. The fourth-order valence-corrected chi connectivity index (χ4v) is 7.44. The summed E-state index contributed by atoms with van der Waals surface area (Å²) < 4.78 is 0. The number of rotatable bonds is 2. The second-order valence-corrected chi connectivity index (χ2v) is 9.84. The lowest BCUT2D eigenvalue weighted by Crippen LogP contribution is -2.51. The normalized spacial score (nSPS) is 51.3. The van der Waals surface area contributed by atoms with E-state index < -0.39 is 0 Å². The number of aliphatic hydroxyl groups is 1. The Labute approximate surface area is 150 Å². The van der Waals surface area contributed by atoms with Crippen LogP contribution in [-0.2, 0) is 4.79 Å². The molecular formula is C21H30N2O2. The fraction of sp³-hybridized carbons (Fsp3) is 0.857. The molecule has 0 aromatic carbocycles. The van der Waals surface area contributed by atoms with Crippen LogP contribution in [0.4, 0.5) is 0 Å². The van der Waals surface area contributed by atoms with E-state index in [-0.39, 0.29) is 29.0 Å². The van der Waals surface area contributed by atoms with Gasteiger partial charge >= 0.3 is 0 Å². The number of nitrogens with zero attached hydrogens (tertiary/aromatic N) is 2. The van der Waals surface area contributed by atoms with Gasteiger partial charge in [0.05, 0.1) is 6.10 Å². The van der Waals surface area contributed by atoms with Gasteiger partial charge in [-0.05, 0) is 80.0 Å². The van der Waals surface area contributed by atoms with E-state index in [1.165, 1.54) is 24.8 Å². The van der Waals surface area contributed by atoms with Gasteiger partial charge in [0.2, 0.25) is 6.17 Å². The van der Waals surface area contributed by atoms with Gasteiger partial charge in [-0.1, -0.05) is 25.5 Å². The smallest absolute Gasteiger partial charge is 0.238 e. The van der Waals surface area contributed by atoms with E-state index in [1.54, 1.807) is 0 Å². The Balaban J connectivity index is 1.44. The monoisotopic (exact) mass is 342 g/mol. The van der Waals surface area contributed by atoms with Crippen molar-refractivity contribution in [2.24, 2.45) is 44.7 Å². The number of allylic oxidation sites excluding steroid dienone is 1. The average Bonchev–Trinajstić information content (AvgIpc) is 3.37. The average molecular weight is 342 g/mol. The van der Waals surface area contributed by atoms with Gasteiger partial charge in [-0.2, -0.15) is 10.2 Å². The molecule has 3 saturated carbocycles. The van der Waals surface area contributed by atoms with E-state index in [0.29, 0.717) is 17.6 Å². The highest BCUT2D eigenvalue weighted by Crippen LogP contribution is 2.66. The Kier molecular flexibility index (Phi) is 3.39. The number of carbonyl (C=O) groups is 1. The molecule has 0 amide bonds. The molecule has 4 heteroatoms. The molecular weight excluding hydrogens is 312 g/mol. The Morgan fingerprint density at radius 2 is 1.92 bits per heavy atom. The van der Waals surface area contributed by atoms with E-state index in [4.69, 9.17) is 0 Å². The molecule has 25 heavy (non-hydrogen) atoms. The molecule has 1 N–H and O–H groups in total. The molecule has 3 fully saturated rings. The Morgan fingerprint density at radius 1 is 1.12 bits per heavy atom. The lowest BCUT2D eigenvalue weighted by atomic mass is 9.47. The molecule has 0 unspecified atom stereocenters. The van der Waals surface area contributed by atoms with E-state index in [0.717, 1.165) is 38.0 Å². The Bertz CT molecular complexity index is 665. The van der Waals surface area contributed by atoms with Crippen molar-refractivity contribution >= 4 is 5.78 Å². The van der Waals surface area contributed by atoms with Gasteiger partial charge in [0.1, 0.15) is 0 Å². The molecule has 5 rings (SSSR count). The molecule has 1 aliphatic heterocycles. The van der Waals surface area contributed by atoms with Crippen molar-refractivity contribution in [3.63, 3.8) is 0 Å². The van der Waals surface area contributed by atoms with Gasteiger partial charge in [0, 0.05) is 5.92 Å². The van der Waals surface area contributed by atoms with Crippen LogP contribution < -0.4 is 0 Å². The van der Waals surface area contributed by atoms with Crippen LogP contribution >= 0.6 is 0 Å². The maximum Gasteiger partial charge on any atom is 0.238 e. The summed E-state index contributed by atoms with van der Waals surface area (Å²) in [5, 5.41) is 17.9. The molecule has 0 aromatic rings. The Hall–Kier alpha value is -1.03. The third-order valence-corrected chi connectivity index (χ3v) is 8.91. The van der Waals surface area contributed by atoms with Crippen LogP contribution in [0.5, 0.6) is 0 Å². The molecule has 0 radical (unpaired) electrons. The van der Waals surface area contributed by atoms with Gasteiger partial charge < -0.3 is 5.11 Å². The number of carbonyl (C=O) groups excluding carboxylic acids is 1. The molecule has 0 bridgehead atoms. The van der Waals surface area contributed by atoms with Gasteiger partial charge in [-0.15, -0.1) is 0 Å². The Morgan fingerprint density at radius 3 is 2.68 bits per heavy atom. The van der Waals surface area contributed by atoms with Gasteiger partial charge in [0.15, 0.2) is 5.78 Å². The van der Waals surface area contributed by atoms with Crippen LogP contribution in [0.2, 0.25) is 0 Å². The van der Waals surface area contributed by atoms with Crippen molar-refractivity contribution < 1.29 is 9.90 Å². The molecule has 0 spiro atoms. The highest BCUT2D eigenvalue weighted by molar-refractivity contribution is 5.88. The number of fused-ring (bicyclic) bond motifs is 5. The second kappa shape index (κ2) is 5.25. The maximum absolute atomic E-state index is 12.7. The zero-order valence-electron chi connectivity index (χ0n) is 15.4. The van der Waals surface area contributed by atoms with Crippen molar-refractivity contribution in [3.05, 3.63) is 11.6 Å². The highest BCUT2D eigenvalue weighted by Gasteiger charge is 2.60. The topological polar surface area (TPSA) is 62.0 Å². The van der Waals surface area contributed by atoms with Crippen molar-refractivity contribution in [2.45, 2.75) is 77.5 Å². The van der Waals surface area contributed by atoms with Crippen molar-refractivity contribution in [2.75, 3.05) is 0 Å². The largest absolute Gasteiger partial charge is 0.393 e. The highest BCUT2D eigenvalue weighted by atomic mass is 16.3. The molecule has 0 aromatic heterocycles. The quantitative estimate of drug-likeness (QED) is 0.761. The van der Waals surface area contributed by atoms with E-state index in [9.17, 15) is 9.90 Å². The minimum Gasteiger partial charge on any atom is -0.393 e. The number of hydrogen-bond donors (Lipinski definition) is 1. The predicted octanol–water partition coefficient (Wildman–Crippen LogP) is 4.29. The van der Waals surface area contributed by atoms with Gasteiger partial charge in [0.25, 0.3) is 0 Å². The predicted molar refractivity (Wildman–Crippen MR) is 94.9 cm³/mol. The molecule has 0 saturated heterocycles. The molecule has 4 aliphatic carbocycles. The zero-order valence-corrected chi connectivity index (χ0v) is 15.4. The summed E-state index contributed by atoms with van der Waals surface area (Å²) in [4.78, 5) is 12.7. The SMILES string of the molecule is C[C@@]12CC[C@@H]3[C@H](CC=C4C[C@@H](O)CC[C@@]43C)[C@H]1CC[C@H]2C(=O)C1N=N1. The first kappa shape index (κ1) is 16.2. The molecule has 5 aliphatic rings. The summed E-state index contributed by atoms with van der Waals surface area (Å²) in [5.74, 6) is 2.59. The van der Waals surface area contributed by atoms with Crippen LogP contribution in [0.25, 0.3) is 0 Å². The minimum absolute atomic E-state index is 0.135. The van der Waals surface area contributed by atoms with Crippen LogP contribution in [0, 0.1) is 34.5 Å². The summed E-state index contributed by atoms with van der Waals surface area (Å²) >= 11 is 0. The van der Waals surface area contributed by atoms with Gasteiger partial charge in [-0.25, -0.2) is 0 Å². The molecule has 7 atom stereocenters. The van der Waals surface area contributed by atoms with E-state index in [2.05, 4.69) is 30.2 Å². The summed E-state index contributed by atoms with van der Waals surface area (Å²) in [6, 6.07) is 0. The zero-order chi connectivity index (χ0) is 17.4. The lowest BCUT2D eigenvalue weighted by Gasteiger charge is -2.57. The maximum atomic E-state index is 12.7. The van der Waals surface area contributed by atoms with Crippen LogP contribution in [0.3, 0.4) is 0 Å². The van der Waals surface area contributed by atoms with Crippen LogP contribution in [-0.4, -0.2) is 23.2 Å². The van der Waals surface area contributed by atoms with Crippen molar-refractivity contribution in [3.8, 4) is 0 Å². The third kappa shape index (κ3) is 2.19. The standard InChI is InChI=1S/C21H30N2O2/c1-20-9-7-13(24)11-12(20)3-4-14-15-5-6-17(18(25)19-22-23-19)21(15,2)10-8-16(14)20/h3,13-17,19,24H,4-11H2,1-2H3/t13-,14+,15+,16+,17-,20-,21+/m0/s1. The number of hydrogen-bond acceptors (Lipinski definition) is 4. The first-order chi connectivity index (χ1) is 11.9. The fourth-order valence-electron chi connectivity index (χ4n) is 7.44. The van der Waals surface area contributed by atoms with Crippen molar-refractivity contribution in [1.82, 2.24) is 0 Å². The second-order valence-electron chi connectivity index (χ2n) is 9.84. The lowest BCUT2D eigenvalue weighted by molar-refractivity contribution is -0.129.